The minimum Gasteiger partial charge on any atom is -0.422 e. The predicted molar refractivity (Wildman–Crippen MR) is 47.5 cm³/mol. The maximum atomic E-state index is 9.06. The normalized spacial score (nSPS) is 10.7. The predicted octanol–water partition coefficient (Wildman–Crippen LogP) is -1.28. The Morgan fingerprint density at radius 3 is 2.92 bits per heavy atom. The van der Waals surface area contributed by atoms with E-state index in [-0.39, 0.29) is 0 Å². The first-order valence-corrected chi connectivity index (χ1v) is 3.86. The number of hydrogen-bond donors (Lipinski definition) is 2. The lowest BCUT2D eigenvalue weighted by Crippen LogP contribution is -2.35. The summed E-state index contributed by atoms with van der Waals surface area (Å²) < 4.78 is 1.56. The Morgan fingerprint density at radius 1 is 1.46 bits per heavy atom. The van der Waals surface area contributed by atoms with Crippen LogP contribution in [0.3, 0.4) is 0 Å². The highest BCUT2D eigenvalue weighted by Gasteiger charge is 2.20. The molecule has 0 atom stereocenters. The number of aromatic nitrogens is 3. The molecule has 2 aromatic heterocycles. The van der Waals surface area contributed by atoms with Gasteiger partial charge in [-0.1, -0.05) is 0 Å². The molecular weight excluding hydrogens is 169 g/mol. The Bertz CT molecular complexity index is 440. The molecule has 0 aliphatic heterocycles. The fourth-order valence-corrected chi connectivity index (χ4v) is 1.33. The zero-order valence-corrected chi connectivity index (χ0v) is 7.05. The minimum atomic E-state index is -1.51. The molecular formula is C7H8BN3O2. The van der Waals surface area contributed by atoms with Crippen molar-refractivity contribution in [2.45, 2.75) is 6.92 Å². The molecule has 0 spiro atoms. The molecule has 0 amide bonds. The molecule has 2 heterocycles. The largest absolute Gasteiger partial charge is 0.508 e. The van der Waals surface area contributed by atoms with E-state index in [2.05, 4.69) is 9.97 Å². The van der Waals surface area contributed by atoms with E-state index in [9.17, 15) is 0 Å². The maximum absolute atomic E-state index is 9.06. The maximum Gasteiger partial charge on any atom is 0.508 e. The molecule has 13 heavy (non-hydrogen) atoms. The SMILES string of the molecule is Cc1nc2ncccn2c1B(O)O. The van der Waals surface area contributed by atoms with Gasteiger partial charge in [-0.05, 0) is 13.0 Å². The molecule has 0 fully saturated rings. The second-order valence-corrected chi connectivity index (χ2v) is 2.75. The van der Waals surface area contributed by atoms with Crippen LogP contribution in [0.15, 0.2) is 18.5 Å². The zero-order chi connectivity index (χ0) is 9.42. The van der Waals surface area contributed by atoms with Crippen molar-refractivity contribution in [3.8, 4) is 0 Å². The van der Waals surface area contributed by atoms with Gasteiger partial charge >= 0.3 is 7.12 Å². The lowest BCUT2D eigenvalue weighted by molar-refractivity contribution is 0.423. The molecule has 66 valence electrons. The summed E-state index contributed by atoms with van der Waals surface area (Å²) in [4.78, 5) is 8.04. The van der Waals surface area contributed by atoms with Gasteiger partial charge in [0, 0.05) is 12.4 Å². The van der Waals surface area contributed by atoms with E-state index in [1.54, 1.807) is 29.8 Å². The van der Waals surface area contributed by atoms with Crippen LogP contribution >= 0.6 is 0 Å². The highest BCUT2D eigenvalue weighted by atomic mass is 16.4. The number of fused-ring (bicyclic) bond motifs is 1. The van der Waals surface area contributed by atoms with Crippen LogP contribution in [0, 0.1) is 6.92 Å². The summed E-state index contributed by atoms with van der Waals surface area (Å²) in [7, 11) is -1.51. The van der Waals surface area contributed by atoms with Crippen LogP contribution in [0.5, 0.6) is 0 Å². The Kier molecular flexibility index (Phi) is 1.79. The number of hydrogen-bond acceptors (Lipinski definition) is 4. The van der Waals surface area contributed by atoms with Crippen molar-refractivity contribution in [3.63, 3.8) is 0 Å². The van der Waals surface area contributed by atoms with Crippen LogP contribution in [0.25, 0.3) is 5.78 Å². The average molecular weight is 177 g/mol. The van der Waals surface area contributed by atoms with Crippen LogP contribution in [0.2, 0.25) is 0 Å². The molecule has 2 aromatic rings. The lowest BCUT2D eigenvalue weighted by atomic mass is 9.84. The van der Waals surface area contributed by atoms with Gasteiger partial charge in [0.25, 0.3) is 0 Å². The smallest absolute Gasteiger partial charge is 0.422 e. The standard InChI is InChI=1S/C7H8BN3O2/c1-5-6(8(12)13)11-4-2-3-9-7(11)10-5/h2-4,12-13H,1H3. The van der Waals surface area contributed by atoms with Crippen molar-refractivity contribution in [3.05, 3.63) is 24.2 Å². The molecule has 0 aromatic carbocycles. The molecule has 0 saturated carbocycles. The molecule has 0 aliphatic rings. The van der Waals surface area contributed by atoms with Crippen molar-refractivity contribution in [2.75, 3.05) is 0 Å². The molecule has 2 N–H and O–H groups in total. The van der Waals surface area contributed by atoms with Gasteiger partial charge in [0.05, 0.1) is 11.3 Å². The van der Waals surface area contributed by atoms with Crippen LogP contribution in [0.1, 0.15) is 5.69 Å². The Hall–Kier alpha value is -1.40. The summed E-state index contributed by atoms with van der Waals surface area (Å²) in [6.45, 7) is 1.71. The van der Waals surface area contributed by atoms with Gasteiger partial charge in [-0.25, -0.2) is 9.97 Å². The summed E-state index contributed by atoms with van der Waals surface area (Å²) in [6, 6.07) is 1.71. The lowest BCUT2D eigenvalue weighted by Gasteiger charge is -1.98. The van der Waals surface area contributed by atoms with Crippen molar-refractivity contribution in [1.29, 1.82) is 0 Å². The molecule has 2 rings (SSSR count). The van der Waals surface area contributed by atoms with E-state index in [0.29, 0.717) is 17.1 Å². The third-order valence-electron chi connectivity index (χ3n) is 1.87. The van der Waals surface area contributed by atoms with Crippen LogP contribution < -0.4 is 5.59 Å². The van der Waals surface area contributed by atoms with Gasteiger partial charge in [-0.3, -0.25) is 4.40 Å². The van der Waals surface area contributed by atoms with E-state index >= 15 is 0 Å². The van der Waals surface area contributed by atoms with Crippen LogP contribution in [-0.4, -0.2) is 31.5 Å². The Balaban J connectivity index is 2.78. The summed E-state index contributed by atoms with van der Waals surface area (Å²) in [5, 5.41) is 18.1. The van der Waals surface area contributed by atoms with Crippen molar-refractivity contribution in [2.24, 2.45) is 0 Å². The van der Waals surface area contributed by atoms with Gasteiger partial charge in [-0.2, -0.15) is 0 Å². The average Bonchev–Trinajstić information content (AvgIpc) is 2.39. The molecule has 0 aliphatic carbocycles. The Labute approximate surface area is 74.8 Å². The fourth-order valence-electron chi connectivity index (χ4n) is 1.33. The van der Waals surface area contributed by atoms with Gasteiger partial charge in [0.2, 0.25) is 5.78 Å². The monoisotopic (exact) mass is 177 g/mol. The zero-order valence-electron chi connectivity index (χ0n) is 7.05. The Morgan fingerprint density at radius 2 is 2.23 bits per heavy atom. The molecule has 0 radical (unpaired) electrons. The second-order valence-electron chi connectivity index (χ2n) is 2.75. The second kappa shape index (κ2) is 2.83. The third-order valence-corrected chi connectivity index (χ3v) is 1.87. The van der Waals surface area contributed by atoms with E-state index in [0.717, 1.165) is 0 Å². The van der Waals surface area contributed by atoms with Crippen molar-refractivity contribution >= 4 is 18.5 Å². The first kappa shape index (κ1) is 8.21. The van der Waals surface area contributed by atoms with Gasteiger partial charge in [-0.15, -0.1) is 0 Å². The van der Waals surface area contributed by atoms with Crippen molar-refractivity contribution < 1.29 is 10.0 Å². The van der Waals surface area contributed by atoms with Crippen LogP contribution in [0.4, 0.5) is 0 Å². The summed E-state index contributed by atoms with van der Waals surface area (Å²) in [5.74, 6) is 0.475. The van der Waals surface area contributed by atoms with Crippen LogP contribution in [-0.2, 0) is 0 Å². The minimum absolute atomic E-state index is 0.364. The third kappa shape index (κ3) is 1.20. The van der Waals surface area contributed by atoms with Gasteiger partial charge in [0.15, 0.2) is 0 Å². The van der Waals surface area contributed by atoms with E-state index in [1.807, 2.05) is 0 Å². The van der Waals surface area contributed by atoms with E-state index < -0.39 is 7.12 Å². The number of imidazole rings is 1. The molecule has 6 heteroatoms. The van der Waals surface area contributed by atoms with Gasteiger partial charge < -0.3 is 10.0 Å². The van der Waals surface area contributed by atoms with Crippen molar-refractivity contribution in [1.82, 2.24) is 14.4 Å². The topological polar surface area (TPSA) is 70.7 Å². The molecule has 0 bridgehead atoms. The summed E-state index contributed by atoms with van der Waals surface area (Å²) >= 11 is 0. The number of nitrogens with zero attached hydrogens (tertiary/aromatic N) is 3. The summed E-state index contributed by atoms with van der Waals surface area (Å²) in [6.07, 6.45) is 3.30. The fraction of sp³-hybridized carbons (Fsp3) is 0.143. The molecule has 0 unspecified atom stereocenters. The molecule has 0 saturated heterocycles. The first-order chi connectivity index (χ1) is 6.20. The van der Waals surface area contributed by atoms with E-state index in [4.69, 9.17) is 10.0 Å². The van der Waals surface area contributed by atoms with Gasteiger partial charge in [0.1, 0.15) is 0 Å². The molecule has 5 nitrogen and oxygen atoms in total. The quantitative estimate of drug-likeness (QED) is 0.532. The summed E-state index contributed by atoms with van der Waals surface area (Å²) in [5.41, 5.74) is 0.941. The highest BCUT2D eigenvalue weighted by Crippen LogP contribution is 1.98. The number of rotatable bonds is 1. The first-order valence-electron chi connectivity index (χ1n) is 3.86. The number of aryl methyl sites for hydroxylation is 1. The van der Waals surface area contributed by atoms with E-state index in [1.165, 1.54) is 0 Å². The highest BCUT2D eigenvalue weighted by molar-refractivity contribution is 6.58.